The van der Waals surface area contributed by atoms with E-state index in [0.29, 0.717) is 18.9 Å². The minimum Gasteiger partial charge on any atom is -0.497 e. The van der Waals surface area contributed by atoms with Crippen LogP contribution in [0.25, 0.3) is 0 Å². The highest BCUT2D eigenvalue weighted by Crippen LogP contribution is 2.30. The van der Waals surface area contributed by atoms with E-state index >= 15 is 0 Å². The van der Waals surface area contributed by atoms with Gasteiger partial charge in [0.1, 0.15) is 11.5 Å². The molecule has 1 atom stereocenters. The van der Waals surface area contributed by atoms with Crippen LogP contribution in [0.15, 0.2) is 48.5 Å². The van der Waals surface area contributed by atoms with E-state index in [4.69, 9.17) is 9.47 Å². The van der Waals surface area contributed by atoms with Crippen molar-refractivity contribution in [1.82, 2.24) is 4.90 Å². The maximum absolute atomic E-state index is 12.6. The van der Waals surface area contributed by atoms with Gasteiger partial charge in [-0.1, -0.05) is 30.3 Å². The summed E-state index contributed by atoms with van der Waals surface area (Å²) in [5, 5.41) is 0. The van der Waals surface area contributed by atoms with Crippen molar-refractivity contribution >= 4 is 5.91 Å². The van der Waals surface area contributed by atoms with Crippen LogP contribution >= 0.6 is 0 Å². The zero-order valence-electron chi connectivity index (χ0n) is 14.9. The molecule has 4 nitrogen and oxygen atoms in total. The molecular weight excluding hydrogens is 314 g/mol. The van der Waals surface area contributed by atoms with Crippen molar-refractivity contribution in [1.29, 1.82) is 0 Å². The maximum atomic E-state index is 12.6. The zero-order valence-corrected chi connectivity index (χ0v) is 14.9. The number of benzene rings is 2. The van der Waals surface area contributed by atoms with Gasteiger partial charge in [-0.15, -0.1) is 0 Å². The van der Waals surface area contributed by atoms with Gasteiger partial charge in [0.25, 0.3) is 0 Å². The smallest absolute Gasteiger partial charge is 0.222 e. The normalized spacial score (nSPS) is 17.9. The molecule has 2 aromatic rings. The van der Waals surface area contributed by atoms with Gasteiger partial charge in [0, 0.05) is 37.1 Å². The lowest BCUT2D eigenvalue weighted by molar-refractivity contribution is -0.131. The number of hydrogen-bond acceptors (Lipinski definition) is 3. The lowest BCUT2D eigenvalue weighted by atomic mass is 9.94. The summed E-state index contributed by atoms with van der Waals surface area (Å²) in [6.07, 6.45) is 2.60. The number of carbonyl (C=O) groups excluding carboxylic acids is 1. The number of amides is 1. The maximum Gasteiger partial charge on any atom is 0.222 e. The van der Waals surface area contributed by atoms with Crippen LogP contribution in [0.2, 0.25) is 0 Å². The molecule has 0 aliphatic carbocycles. The summed E-state index contributed by atoms with van der Waals surface area (Å²) in [7, 11) is 3.28. The molecule has 0 radical (unpaired) electrons. The van der Waals surface area contributed by atoms with Crippen LogP contribution in [0.1, 0.15) is 36.3 Å². The van der Waals surface area contributed by atoms with Crippen LogP contribution in [0.5, 0.6) is 11.5 Å². The number of nitrogens with zero attached hydrogens (tertiary/aromatic N) is 1. The van der Waals surface area contributed by atoms with Crippen LogP contribution in [0.3, 0.4) is 0 Å². The SMILES string of the molecule is COc1ccc(CN2C[C@@H](c3ccccc3)CCCC2=O)c(OC)c1. The number of carbonyl (C=O) groups is 1. The summed E-state index contributed by atoms with van der Waals surface area (Å²) in [4.78, 5) is 14.5. The summed E-state index contributed by atoms with van der Waals surface area (Å²) >= 11 is 0. The van der Waals surface area contributed by atoms with Gasteiger partial charge in [0.15, 0.2) is 0 Å². The van der Waals surface area contributed by atoms with E-state index in [-0.39, 0.29) is 5.91 Å². The third-order valence-corrected chi connectivity index (χ3v) is 4.86. The first-order chi connectivity index (χ1) is 12.2. The molecule has 0 aromatic heterocycles. The Morgan fingerprint density at radius 2 is 1.88 bits per heavy atom. The molecule has 25 heavy (non-hydrogen) atoms. The Morgan fingerprint density at radius 1 is 1.08 bits per heavy atom. The predicted molar refractivity (Wildman–Crippen MR) is 98.0 cm³/mol. The van der Waals surface area contributed by atoms with Crippen molar-refractivity contribution in [2.24, 2.45) is 0 Å². The van der Waals surface area contributed by atoms with Gasteiger partial charge >= 0.3 is 0 Å². The quantitative estimate of drug-likeness (QED) is 0.826. The van der Waals surface area contributed by atoms with Gasteiger partial charge in [-0.25, -0.2) is 0 Å². The van der Waals surface area contributed by atoms with Crippen molar-refractivity contribution in [2.75, 3.05) is 20.8 Å². The Hall–Kier alpha value is -2.49. The molecule has 1 amide bonds. The van der Waals surface area contributed by atoms with Gasteiger partial charge in [-0.05, 0) is 30.5 Å². The Morgan fingerprint density at radius 3 is 2.60 bits per heavy atom. The van der Waals surface area contributed by atoms with Crippen LogP contribution in [-0.4, -0.2) is 31.6 Å². The third kappa shape index (κ3) is 4.13. The predicted octanol–water partition coefficient (Wildman–Crippen LogP) is 4.00. The summed E-state index contributed by atoms with van der Waals surface area (Å²) in [5.41, 5.74) is 2.31. The van der Waals surface area contributed by atoms with Gasteiger partial charge in [-0.2, -0.15) is 0 Å². The molecule has 0 N–H and O–H groups in total. The molecule has 3 rings (SSSR count). The van der Waals surface area contributed by atoms with E-state index < -0.39 is 0 Å². The molecule has 0 spiro atoms. The van der Waals surface area contributed by atoms with Crippen LogP contribution in [0.4, 0.5) is 0 Å². The largest absolute Gasteiger partial charge is 0.497 e. The minimum atomic E-state index is 0.219. The summed E-state index contributed by atoms with van der Waals surface area (Å²) < 4.78 is 10.7. The topological polar surface area (TPSA) is 38.8 Å². The molecule has 4 heteroatoms. The fraction of sp³-hybridized carbons (Fsp3) is 0.381. The van der Waals surface area contributed by atoms with Crippen LogP contribution in [-0.2, 0) is 11.3 Å². The average molecular weight is 339 g/mol. The second kappa shape index (κ2) is 8.06. The average Bonchev–Trinajstić information content (AvgIpc) is 2.84. The fourth-order valence-electron chi connectivity index (χ4n) is 3.46. The highest BCUT2D eigenvalue weighted by molar-refractivity contribution is 5.76. The van der Waals surface area contributed by atoms with Crippen molar-refractivity contribution in [3.63, 3.8) is 0 Å². The van der Waals surface area contributed by atoms with E-state index in [2.05, 4.69) is 24.3 Å². The van der Waals surface area contributed by atoms with Gasteiger partial charge in [-0.3, -0.25) is 4.79 Å². The molecule has 0 saturated carbocycles. The first-order valence-corrected chi connectivity index (χ1v) is 8.75. The Kier molecular flexibility index (Phi) is 5.59. The molecule has 0 bridgehead atoms. The number of ether oxygens (including phenoxy) is 2. The lowest BCUT2D eigenvalue weighted by Gasteiger charge is -2.26. The van der Waals surface area contributed by atoms with Crippen LogP contribution < -0.4 is 9.47 Å². The second-order valence-corrected chi connectivity index (χ2v) is 6.45. The summed E-state index contributed by atoms with van der Waals surface area (Å²) in [5.74, 6) is 2.12. The second-order valence-electron chi connectivity index (χ2n) is 6.45. The first kappa shape index (κ1) is 17.3. The van der Waals surface area contributed by atoms with Gasteiger partial charge < -0.3 is 14.4 Å². The van der Waals surface area contributed by atoms with Gasteiger partial charge in [0.2, 0.25) is 5.91 Å². The Balaban J connectivity index is 1.81. The number of hydrogen-bond donors (Lipinski definition) is 0. The molecule has 1 heterocycles. The lowest BCUT2D eigenvalue weighted by Crippen LogP contribution is -2.32. The fourth-order valence-corrected chi connectivity index (χ4v) is 3.46. The van der Waals surface area contributed by atoms with E-state index in [1.165, 1.54) is 5.56 Å². The number of likely N-dealkylation sites (tertiary alicyclic amines) is 1. The first-order valence-electron chi connectivity index (χ1n) is 8.75. The number of methoxy groups -OCH3 is 2. The summed E-state index contributed by atoms with van der Waals surface area (Å²) in [6.45, 7) is 1.31. The van der Waals surface area contributed by atoms with Crippen molar-refractivity contribution in [2.45, 2.75) is 31.7 Å². The Labute approximate surface area is 149 Å². The van der Waals surface area contributed by atoms with Gasteiger partial charge in [0.05, 0.1) is 14.2 Å². The Bertz CT molecular complexity index is 714. The van der Waals surface area contributed by atoms with E-state index in [0.717, 1.165) is 36.4 Å². The number of rotatable bonds is 5. The van der Waals surface area contributed by atoms with E-state index in [1.54, 1.807) is 14.2 Å². The molecule has 1 aliphatic heterocycles. The molecule has 2 aromatic carbocycles. The molecule has 1 saturated heterocycles. The highest BCUT2D eigenvalue weighted by Gasteiger charge is 2.25. The van der Waals surface area contributed by atoms with E-state index in [1.807, 2.05) is 29.2 Å². The van der Waals surface area contributed by atoms with E-state index in [9.17, 15) is 4.79 Å². The molecule has 132 valence electrons. The third-order valence-electron chi connectivity index (χ3n) is 4.86. The standard InChI is InChI=1S/C21H25NO3/c1-24-19-12-11-18(20(13-19)25-2)15-22-14-17(9-6-10-21(22)23)16-7-4-3-5-8-16/h3-5,7-8,11-13,17H,6,9-10,14-15H2,1-2H3/t17-/m0/s1. The zero-order chi connectivity index (χ0) is 17.6. The monoisotopic (exact) mass is 339 g/mol. The van der Waals surface area contributed by atoms with Crippen LogP contribution in [0, 0.1) is 0 Å². The molecule has 0 unspecified atom stereocenters. The molecule has 1 fully saturated rings. The molecular formula is C21H25NO3. The summed E-state index contributed by atoms with van der Waals surface area (Å²) in [6, 6.07) is 16.2. The van der Waals surface area contributed by atoms with Crippen molar-refractivity contribution in [3.05, 3.63) is 59.7 Å². The molecule has 1 aliphatic rings. The van der Waals surface area contributed by atoms with Crippen molar-refractivity contribution < 1.29 is 14.3 Å². The minimum absolute atomic E-state index is 0.219. The van der Waals surface area contributed by atoms with Crippen molar-refractivity contribution in [3.8, 4) is 11.5 Å². The highest BCUT2D eigenvalue weighted by atomic mass is 16.5.